The van der Waals surface area contributed by atoms with Gasteiger partial charge in [-0.05, 0) is 31.2 Å². The second-order valence-electron chi connectivity index (χ2n) is 6.79. The van der Waals surface area contributed by atoms with Crippen LogP contribution in [-0.4, -0.2) is 56.4 Å². The van der Waals surface area contributed by atoms with Crippen LogP contribution in [0.2, 0.25) is 0 Å². The molecule has 31 heavy (non-hydrogen) atoms. The van der Waals surface area contributed by atoms with Crippen LogP contribution in [0.15, 0.2) is 47.4 Å². The number of benzene rings is 2. The Bertz CT molecular complexity index is 1180. The van der Waals surface area contributed by atoms with E-state index in [4.69, 9.17) is 14.2 Å². The molecule has 10 nitrogen and oxygen atoms in total. The molecule has 1 atom stereocenters. The maximum absolute atomic E-state index is 12.5. The number of amides is 2. The van der Waals surface area contributed by atoms with E-state index in [9.17, 15) is 22.8 Å². The van der Waals surface area contributed by atoms with Gasteiger partial charge in [-0.1, -0.05) is 12.1 Å². The molecule has 2 aliphatic heterocycles. The van der Waals surface area contributed by atoms with Crippen molar-refractivity contribution in [3.63, 3.8) is 0 Å². The first-order valence-corrected chi connectivity index (χ1v) is 10.8. The molecule has 0 unspecified atom stereocenters. The number of hydrogen-bond acceptors (Lipinski definition) is 8. The number of nitrogens with one attached hydrogen (secondary N) is 1. The molecule has 0 fully saturated rings. The van der Waals surface area contributed by atoms with Gasteiger partial charge in [0.2, 0.25) is 0 Å². The van der Waals surface area contributed by atoms with Crippen LogP contribution in [0.4, 0.5) is 5.69 Å². The quantitative estimate of drug-likeness (QED) is 0.678. The van der Waals surface area contributed by atoms with Gasteiger partial charge >= 0.3 is 5.97 Å². The van der Waals surface area contributed by atoms with E-state index < -0.39 is 40.5 Å². The van der Waals surface area contributed by atoms with Crippen molar-refractivity contribution in [2.24, 2.45) is 0 Å². The molecule has 162 valence electrons. The van der Waals surface area contributed by atoms with Crippen LogP contribution in [0.5, 0.6) is 11.5 Å². The highest BCUT2D eigenvalue weighted by molar-refractivity contribution is 7.90. The molecule has 0 aliphatic carbocycles. The van der Waals surface area contributed by atoms with Gasteiger partial charge in [0.25, 0.3) is 21.8 Å². The van der Waals surface area contributed by atoms with Crippen molar-refractivity contribution in [3.05, 3.63) is 48.0 Å². The number of hydrogen-bond donors (Lipinski definition) is 1. The van der Waals surface area contributed by atoms with E-state index >= 15 is 0 Å². The molecule has 0 bridgehead atoms. The van der Waals surface area contributed by atoms with Crippen LogP contribution in [0.25, 0.3) is 0 Å². The second kappa shape index (κ2) is 7.91. The molecule has 2 aliphatic rings. The molecule has 2 aromatic carbocycles. The highest BCUT2D eigenvalue weighted by Crippen LogP contribution is 2.33. The fraction of sp³-hybridized carbons (Fsp3) is 0.250. The molecule has 2 amide bonds. The Morgan fingerprint density at radius 3 is 2.58 bits per heavy atom. The Balaban J connectivity index is 1.38. The fourth-order valence-corrected chi connectivity index (χ4v) is 4.67. The summed E-state index contributed by atoms with van der Waals surface area (Å²) in [4.78, 5) is 36.8. The van der Waals surface area contributed by atoms with Crippen LogP contribution in [0, 0.1) is 0 Å². The molecule has 1 N–H and O–H groups in total. The molecule has 0 spiro atoms. The average Bonchev–Trinajstić information content (AvgIpc) is 2.94. The Kier molecular flexibility index (Phi) is 5.27. The first-order chi connectivity index (χ1) is 14.8. The SMILES string of the molecule is C[C@@H](OC(=O)CN1C(=O)c2ccccc2S1(=O)=O)C(=O)Nc1ccc2c(c1)OCCO2. The third-order valence-electron chi connectivity index (χ3n) is 4.67. The molecule has 11 heteroatoms. The third kappa shape index (κ3) is 3.91. The Morgan fingerprint density at radius 1 is 1.13 bits per heavy atom. The van der Waals surface area contributed by atoms with E-state index in [1.165, 1.54) is 31.2 Å². The van der Waals surface area contributed by atoms with Crippen LogP contribution in [-0.2, 0) is 24.3 Å². The molecule has 0 radical (unpaired) electrons. The molecule has 2 heterocycles. The predicted molar refractivity (Wildman–Crippen MR) is 106 cm³/mol. The van der Waals surface area contributed by atoms with Gasteiger partial charge < -0.3 is 19.5 Å². The lowest BCUT2D eigenvalue weighted by molar-refractivity contribution is -0.152. The van der Waals surface area contributed by atoms with Crippen molar-refractivity contribution >= 4 is 33.5 Å². The summed E-state index contributed by atoms with van der Waals surface area (Å²) < 4.78 is 41.3. The monoisotopic (exact) mass is 446 g/mol. The number of rotatable bonds is 5. The van der Waals surface area contributed by atoms with Crippen molar-refractivity contribution in [2.45, 2.75) is 17.9 Å². The van der Waals surface area contributed by atoms with Crippen molar-refractivity contribution in [2.75, 3.05) is 25.1 Å². The number of esters is 1. The third-order valence-corrected chi connectivity index (χ3v) is 6.46. The summed E-state index contributed by atoms with van der Waals surface area (Å²) in [7, 11) is -4.15. The minimum absolute atomic E-state index is 0.0142. The number of anilines is 1. The first kappa shape index (κ1) is 20.7. The van der Waals surface area contributed by atoms with E-state index in [1.54, 1.807) is 18.2 Å². The summed E-state index contributed by atoms with van der Waals surface area (Å²) in [6, 6.07) is 10.5. The maximum Gasteiger partial charge on any atom is 0.327 e. The summed E-state index contributed by atoms with van der Waals surface area (Å²) >= 11 is 0. The Hall–Kier alpha value is -3.60. The van der Waals surface area contributed by atoms with Crippen molar-refractivity contribution in [1.82, 2.24) is 4.31 Å². The van der Waals surface area contributed by atoms with Crippen LogP contribution >= 0.6 is 0 Å². The fourth-order valence-electron chi connectivity index (χ4n) is 3.16. The topological polar surface area (TPSA) is 128 Å². The summed E-state index contributed by atoms with van der Waals surface area (Å²) in [6.07, 6.45) is -1.23. The molecule has 4 rings (SSSR count). The minimum atomic E-state index is -4.15. The molecule has 0 aromatic heterocycles. The lowest BCUT2D eigenvalue weighted by atomic mass is 10.2. The van der Waals surface area contributed by atoms with Gasteiger partial charge in [0.1, 0.15) is 24.7 Å². The largest absolute Gasteiger partial charge is 0.486 e. The van der Waals surface area contributed by atoms with Gasteiger partial charge in [0, 0.05) is 11.8 Å². The predicted octanol–water partition coefficient (Wildman–Crippen LogP) is 1.17. The molecule has 0 saturated carbocycles. The molecule has 0 saturated heterocycles. The van der Waals surface area contributed by atoms with E-state index in [1.807, 2.05) is 0 Å². The summed E-state index contributed by atoms with van der Waals surface area (Å²) in [5.41, 5.74) is 0.393. The normalized spacial score (nSPS) is 16.9. The van der Waals surface area contributed by atoms with Crippen LogP contribution < -0.4 is 14.8 Å². The molecular formula is C20H18N2O8S. The van der Waals surface area contributed by atoms with Crippen LogP contribution in [0.3, 0.4) is 0 Å². The zero-order valence-electron chi connectivity index (χ0n) is 16.4. The Labute approximate surface area is 177 Å². The standard InChI is InChI=1S/C20H18N2O8S/c1-12(19(24)21-13-6-7-15-16(10-13)29-9-8-28-15)30-18(23)11-22-20(25)14-4-2-3-5-17(14)31(22,26)27/h2-7,10,12H,8-9,11H2,1H3,(H,21,24)/t12-/m1/s1. The number of ether oxygens (including phenoxy) is 3. The van der Waals surface area contributed by atoms with E-state index in [0.29, 0.717) is 34.7 Å². The highest BCUT2D eigenvalue weighted by atomic mass is 32.2. The number of carbonyl (C=O) groups is 3. The molecule has 2 aromatic rings. The average molecular weight is 446 g/mol. The number of sulfonamides is 1. The Morgan fingerprint density at radius 2 is 1.84 bits per heavy atom. The lowest BCUT2D eigenvalue weighted by Crippen LogP contribution is -2.38. The van der Waals surface area contributed by atoms with E-state index in [2.05, 4.69) is 5.32 Å². The van der Waals surface area contributed by atoms with Crippen molar-refractivity contribution < 1.29 is 37.0 Å². The summed E-state index contributed by atoms with van der Waals surface area (Å²) in [5, 5.41) is 2.58. The van der Waals surface area contributed by atoms with Crippen molar-refractivity contribution in [3.8, 4) is 11.5 Å². The number of fused-ring (bicyclic) bond motifs is 2. The number of nitrogens with zero attached hydrogens (tertiary/aromatic N) is 1. The van der Waals surface area contributed by atoms with Gasteiger partial charge in [-0.2, -0.15) is 0 Å². The maximum atomic E-state index is 12.5. The zero-order valence-corrected chi connectivity index (χ0v) is 17.2. The molecular weight excluding hydrogens is 428 g/mol. The smallest absolute Gasteiger partial charge is 0.327 e. The zero-order chi connectivity index (χ0) is 22.2. The van der Waals surface area contributed by atoms with Gasteiger partial charge in [-0.15, -0.1) is 0 Å². The first-order valence-electron chi connectivity index (χ1n) is 9.33. The highest BCUT2D eigenvalue weighted by Gasteiger charge is 2.42. The van der Waals surface area contributed by atoms with Gasteiger partial charge in [0.05, 0.1) is 5.56 Å². The van der Waals surface area contributed by atoms with E-state index in [0.717, 1.165) is 0 Å². The van der Waals surface area contributed by atoms with Crippen LogP contribution in [0.1, 0.15) is 17.3 Å². The number of carbonyl (C=O) groups excluding carboxylic acids is 3. The minimum Gasteiger partial charge on any atom is -0.486 e. The summed E-state index contributed by atoms with van der Waals surface area (Å²) in [6.45, 7) is 1.32. The summed E-state index contributed by atoms with van der Waals surface area (Å²) in [5.74, 6) is -1.45. The second-order valence-corrected chi connectivity index (χ2v) is 8.62. The van der Waals surface area contributed by atoms with Gasteiger partial charge in [-0.25, -0.2) is 12.7 Å². The van der Waals surface area contributed by atoms with Gasteiger partial charge in [0.15, 0.2) is 17.6 Å². The van der Waals surface area contributed by atoms with Crippen molar-refractivity contribution in [1.29, 1.82) is 0 Å². The van der Waals surface area contributed by atoms with Gasteiger partial charge in [-0.3, -0.25) is 14.4 Å². The lowest BCUT2D eigenvalue weighted by Gasteiger charge is -2.20. The van der Waals surface area contributed by atoms with E-state index in [-0.39, 0.29) is 10.5 Å².